The van der Waals surface area contributed by atoms with Crippen LogP contribution in [-0.2, 0) is 4.79 Å². The van der Waals surface area contributed by atoms with E-state index >= 15 is 0 Å². The Morgan fingerprint density at radius 1 is 0.840 bits per heavy atom. The maximum Gasteiger partial charge on any atom is 0.136 e. The number of rotatable bonds is 15. The minimum Gasteiger partial charge on any atom is -0.317 e. The molecule has 2 nitrogen and oxygen atoms in total. The molecule has 1 atom stereocenters. The summed E-state index contributed by atoms with van der Waals surface area (Å²) in [4.78, 5) is 12.2. The van der Waals surface area contributed by atoms with Crippen LogP contribution in [0.3, 0.4) is 0 Å². The van der Waals surface area contributed by atoms with Crippen molar-refractivity contribution >= 4 is 5.78 Å². The molecule has 0 radical (unpaired) electrons. The minimum absolute atomic E-state index is 0.355. The summed E-state index contributed by atoms with van der Waals surface area (Å²) in [6.45, 7) is 4.24. The molecule has 2 heteroatoms. The summed E-state index contributed by atoms with van der Waals surface area (Å²) in [6, 6.07) is 0. The Balaban J connectivity index is 1.80. The number of carbonyl (C=O) groups is 1. The van der Waals surface area contributed by atoms with Crippen molar-refractivity contribution in [2.24, 2.45) is 5.92 Å². The molecule has 1 unspecified atom stereocenters. The quantitative estimate of drug-likeness (QED) is 0.267. The van der Waals surface area contributed by atoms with Crippen LogP contribution in [0.5, 0.6) is 0 Å². The van der Waals surface area contributed by atoms with Gasteiger partial charge in [-0.25, -0.2) is 0 Å². The minimum atomic E-state index is 0.355. The van der Waals surface area contributed by atoms with Gasteiger partial charge in [-0.15, -0.1) is 0 Å². The van der Waals surface area contributed by atoms with E-state index in [-0.39, 0.29) is 0 Å². The van der Waals surface area contributed by atoms with E-state index in [9.17, 15) is 4.79 Å². The average Bonchev–Trinajstić information content (AvgIpc) is 2.91. The SMILES string of the molecule is C/C=C/CCCCCCCCCCCCCC(=O)C1CCCNCC1. The van der Waals surface area contributed by atoms with Crippen LogP contribution in [0.1, 0.15) is 110 Å². The average molecular weight is 350 g/mol. The maximum absolute atomic E-state index is 12.2. The standard InChI is InChI=1S/C23H43NO/c1-2-3-4-5-6-7-8-9-10-11-12-13-14-15-18-23(25)22-17-16-20-24-21-19-22/h2-3,22,24H,4-21H2,1H3/b3-2+. The van der Waals surface area contributed by atoms with Gasteiger partial charge in [-0.05, 0) is 58.5 Å². The molecule has 146 valence electrons. The van der Waals surface area contributed by atoms with Gasteiger partial charge in [-0.2, -0.15) is 0 Å². The molecule has 0 amide bonds. The van der Waals surface area contributed by atoms with E-state index in [1.165, 1.54) is 77.0 Å². The highest BCUT2D eigenvalue weighted by molar-refractivity contribution is 5.80. The fourth-order valence-electron chi connectivity index (χ4n) is 3.86. The van der Waals surface area contributed by atoms with Crippen LogP contribution in [0, 0.1) is 5.92 Å². The topological polar surface area (TPSA) is 29.1 Å². The monoisotopic (exact) mass is 349 g/mol. The Kier molecular flexibility index (Phi) is 15.1. The van der Waals surface area contributed by atoms with Crippen molar-refractivity contribution in [2.75, 3.05) is 13.1 Å². The van der Waals surface area contributed by atoms with Gasteiger partial charge in [0.2, 0.25) is 0 Å². The Bertz CT molecular complexity index is 329. The molecule has 1 fully saturated rings. The largest absolute Gasteiger partial charge is 0.317 e. The molecular weight excluding hydrogens is 306 g/mol. The van der Waals surface area contributed by atoms with Crippen molar-refractivity contribution in [3.8, 4) is 0 Å². The van der Waals surface area contributed by atoms with Crippen molar-refractivity contribution in [3.05, 3.63) is 12.2 Å². The number of unbranched alkanes of at least 4 members (excludes halogenated alkanes) is 11. The summed E-state index contributed by atoms with van der Waals surface area (Å²) in [5.41, 5.74) is 0. The van der Waals surface area contributed by atoms with Crippen LogP contribution in [0.4, 0.5) is 0 Å². The lowest BCUT2D eigenvalue weighted by molar-refractivity contribution is -0.123. The molecule has 25 heavy (non-hydrogen) atoms. The Morgan fingerprint density at radius 2 is 1.44 bits per heavy atom. The normalized spacial score (nSPS) is 18.5. The van der Waals surface area contributed by atoms with Crippen molar-refractivity contribution < 1.29 is 4.79 Å². The van der Waals surface area contributed by atoms with Crippen LogP contribution in [0.25, 0.3) is 0 Å². The molecule has 1 N–H and O–H groups in total. The lowest BCUT2D eigenvalue weighted by atomic mass is 9.92. The van der Waals surface area contributed by atoms with Gasteiger partial charge in [0.15, 0.2) is 0 Å². The van der Waals surface area contributed by atoms with Crippen molar-refractivity contribution in [1.29, 1.82) is 0 Å². The Labute approximate surface area is 157 Å². The van der Waals surface area contributed by atoms with E-state index in [1.54, 1.807) is 0 Å². The summed E-state index contributed by atoms with van der Waals surface area (Å²) in [5.74, 6) is 0.895. The second-order valence-electron chi connectivity index (χ2n) is 7.84. The van der Waals surface area contributed by atoms with Gasteiger partial charge in [-0.3, -0.25) is 4.79 Å². The lowest BCUT2D eigenvalue weighted by Crippen LogP contribution is -2.17. The molecule has 0 bridgehead atoms. The number of allylic oxidation sites excluding steroid dienone is 2. The van der Waals surface area contributed by atoms with Crippen LogP contribution in [-0.4, -0.2) is 18.9 Å². The van der Waals surface area contributed by atoms with Gasteiger partial charge in [-0.1, -0.05) is 69.9 Å². The zero-order valence-electron chi connectivity index (χ0n) is 16.9. The molecule has 0 aromatic carbocycles. The van der Waals surface area contributed by atoms with Gasteiger partial charge in [0, 0.05) is 12.3 Å². The first kappa shape index (κ1) is 22.4. The molecule has 1 rings (SSSR count). The Hall–Kier alpha value is -0.630. The van der Waals surface area contributed by atoms with E-state index in [0.29, 0.717) is 11.7 Å². The van der Waals surface area contributed by atoms with E-state index in [4.69, 9.17) is 0 Å². The predicted octanol–water partition coefficient (Wildman–Crippen LogP) is 6.59. The van der Waals surface area contributed by atoms with Gasteiger partial charge in [0.05, 0.1) is 0 Å². The number of ketones is 1. The third kappa shape index (κ3) is 13.3. The molecular formula is C23H43NO. The number of hydrogen-bond donors (Lipinski definition) is 1. The van der Waals surface area contributed by atoms with Crippen molar-refractivity contribution in [2.45, 2.75) is 110 Å². The van der Waals surface area contributed by atoms with Gasteiger partial charge in [0.1, 0.15) is 5.78 Å². The molecule has 0 spiro atoms. The third-order valence-corrected chi connectivity index (χ3v) is 5.56. The summed E-state index contributed by atoms with van der Waals surface area (Å²) in [5, 5.41) is 3.40. The van der Waals surface area contributed by atoms with Crippen LogP contribution >= 0.6 is 0 Å². The number of carbonyl (C=O) groups excluding carboxylic acids is 1. The molecule has 1 saturated heterocycles. The summed E-state index contributed by atoms with van der Waals surface area (Å²) in [7, 11) is 0. The molecule has 0 aromatic heterocycles. The number of Topliss-reactive ketones (excluding diaryl/α,β-unsaturated/α-hetero) is 1. The second-order valence-corrected chi connectivity index (χ2v) is 7.84. The molecule has 0 saturated carbocycles. The molecule has 0 aromatic rings. The van der Waals surface area contributed by atoms with Crippen molar-refractivity contribution in [3.63, 3.8) is 0 Å². The van der Waals surface area contributed by atoms with Gasteiger partial charge >= 0.3 is 0 Å². The van der Waals surface area contributed by atoms with E-state index in [2.05, 4.69) is 24.4 Å². The summed E-state index contributed by atoms with van der Waals surface area (Å²) >= 11 is 0. The fourth-order valence-corrected chi connectivity index (χ4v) is 3.86. The third-order valence-electron chi connectivity index (χ3n) is 5.56. The molecule has 0 aliphatic carbocycles. The highest BCUT2D eigenvalue weighted by atomic mass is 16.1. The highest BCUT2D eigenvalue weighted by Crippen LogP contribution is 2.18. The molecule has 1 aliphatic heterocycles. The summed E-state index contributed by atoms with van der Waals surface area (Å²) < 4.78 is 0. The zero-order valence-corrected chi connectivity index (χ0v) is 16.9. The van der Waals surface area contributed by atoms with Crippen LogP contribution in [0.2, 0.25) is 0 Å². The molecule has 1 aliphatic rings. The Morgan fingerprint density at radius 3 is 2.08 bits per heavy atom. The van der Waals surface area contributed by atoms with Crippen LogP contribution in [0.15, 0.2) is 12.2 Å². The van der Waals surface area contributed by atoms with Crippen LogP contribution < -0.4 is 5.32 Å². The van der Waals surface area contributed by atoms with Gasteiger partial charge in [0.25, 0.3) is 0 Å². The second kappa shape index (κ2) is 16.8. The van der Waals surface area contributed by atoms with Gasteiger partial charge < -0.3 is 5.32 Å². The van der Waals surface area contributed by atoms with E-state index in [0.717, 1.165) is 38.8 Å². The smallest absolute Gasteiger partial charge is 0.136 e. The fraction of sp³-hybridized carbons (Fsp3) is 0.870. The molecule has 1 heterocycles. The first-order valence-electron chi connectivity index (χ1n) is 11.2. The van der Waals surface area contributed by atoms with E-state index < -0.39 is 0 Å². The van der Waals surface area contributed by atoms with Crippen molar-refractivity contribution in [1.82, 2.24) is 5.32 Å². The van der Waals surface area contributed by atoms with E-state index in [1.807, 2.05) is 0 Å². The first-order chi connectivity index (χ1) is 12.3. The zero-order chi connectivity index (χ0) is 18.0. The predicted molar refractivity (Wildman–Crippen MR) is 110 cm³/mol. The lowest BCUT2D eigenvalue weighted by Gasteiger charge is -2.12. The highest BCUT2D eigenvalue weighted by Gasteiger charge is 2.18. The first-order valence-corrected chi connectivity index (χ1v) is 11.2. The summed E-state index contributed by atoms with van der Waals surface area (Å²) in [6.07, 6.45) is 24.7. The number of hydrogen-bond acceptors (Lipinski definition) is 2. The number of nitrogens with one attached hydrogen (secondary N) is 1. The maximum atomic E-state index is 12.2.